The third-order valence-corrected chi connectivity index (χ3v) is 2.35. The molecular weight excluding hydrogens is 114 g/mol. The standard InChI is InChI=1S/C7H15NO/c1-6-3-4-8(2)7(6)5-9/h6-7,9H,3-5H2,1-2H3. The van der Waals surface area contributed by atoms with E-state index in [9.17, 15) is 0 Å². The molecule has 1 aliphatic rings. The molecule has 0 spiro atoms. The Bertz CT molecular complexity index is 84.9. The zero-order chi connectivity index (χ0) is 6.85. The number of likely N-dealkylation sites (tertiary alicyclic amines) is 1. The average molecular weight is 129 g/mol. The Balaban J connectivity index is 2.44. The van der Waals surface area contributed by atoms with E-state index < -0.39 is 0 Å². The van der Waals surface area contributed by atoms with Gasteiger partial charge in [0.2, 0.25) is 0 Å². The van der Waals surface area contributed by atoms with Crippen molar-refractivity contribution in [1.82, 2.24) is 4.90 Å². The zero-order valence-corrected chi connectivity index (χ0v) is 6.17. The van der Waals surface area contributed by atoms with E-state index in [4.69, 9.17) is 5.11 Å². The van der Waals surface area contributed by atoms with Crippen LogP contribution in [0.25, 0.3) is 0 Å². The van der Waals surface area contributed by atoms with Gasteiger partial charge in [-0.1, -0.05) is 6.92 Å². The van der Waals surface area contributed by atoms with Crippen LogP contribution in [0, 0.1) is 5.92 Å². The summed E-state index contributed by atoms with van der Waals surface area (Å²) in [7, 11) is 2.07. The first-order valence-corrected chi connectivity index (χ1v) is 3.57. The van der Waals surface area contributed by atoms with Gasteiger partial charge in [-0.2, -0.15) is 0 Å². The molecule has 1 fully saturated rings. The van der Waals surface area contributed by atoms with Crippen LogP contribution in [0.5, 0.6) is 0 Å². The van der Waals surface area contributed by atoms with Gasteiger partial charge in [0.05, 0.1) is 6.61 Å². The van der Waals surface area contributed by atoms with E-state index >= 15 is 0 Å². The fraction of sp³-hybridized carbons (Fsp3) is 1.00. The minimum Gasteiger partial charge on any atom is -0.395 e. The lowest BCUT2D eigenvalue weighted by molar-refractivity contribution is 0.160. The van der Waals surface area contributed by atoms with E-state index in [0.717, 1.165) is 6.54 Å². The zero-order valence-electron chi connectivity index (χ0n) is 6.17. The van der Waals surface area contributed by atoms with Gasteiger partial charge in [0.15, 0.2) is 0 Å². The van der Waals surface area contributed by atoms with Crippen molar-refractivity contribution in [3.8, 4) is 0 Å². The Morgan fingerprint density at radius 3 is 2.56 bits per heavy atom. The van der Waals surface area contributed by atoms with Gasteiger partial charge in [-0.3, -0.25) is 0 Å². The number of hydrogen-bond donors (Lipinski definition) is 1. The van der Waals surface area contributed by atoms with Gasteiger partial charge in [0.25, 0.3) is 0 Å². The molecule has 1 N–H and O–H groups in total. The minimum absolute atomic E-state index is 0.317. The number of likely N-dealkylation sites (N-methyl/N-ethyl adjacent to an activating group) is 1. The van der Waals surface area contributed by atoms with Gasteiger partial charge < -0.3 is 10.0 Å². The highest BCUT2D eigenvalue weighted by molar-refractivity contribution is 4.81. The van der Waals surface area contributed by atoms with Gasteiger partial charge >= 0.3 is 0 Å². The Labute approximate surface area is 56.5 Å². The van der Waals surface area contributed by atoms with Crippen LogP contribution < -0.4 is 0 Å². The van der Waals surface area contributed by atoms with Crippen LogP contribution in [-0.2, 0) is 0 Å². The first kappa shape index (κ1) is 7.03. The lowest BCUT2D eigenvalue weighted by atomic mass is 10.0. The van der Waals surface area contributed by atoms with Gasteiger partial charge in [-0.25, -0.2) is 0 Å². The summed E-state index contributed by atoms with van der Waals surface area (Å²) in [5, 5.41) is 8.87. The van der Waals surface area contributed by atoms with Gasteiger partial charge in [0.1, 0.15) is 0 Å². The molecular formula is C7H15NO. The van der Waals surface area contributed by atoms with Crippen LogP contribution >= 0.6 is 0 Å². The van der Waals surface area contributed by atoms with Crippen molar-refractivity contribution >= 4 is 0 Å². The normalized spacial score (nSPS) is 37.7. The molecule has 0 aliphatic carbocycles. The molecule has 1 heterocycles. The van der Waals surface area contributed by atoms with Crippen LogP contribution in [0.15, 0.2) is 0 Å². The monoisotopic (exact) mass is 129 g/mol. The molecule has 54 valence electrons. The van der Waals surface area contributed by atoms with Crippen molar-refractivity contribution in [2.24, 2.45) is 5.92 Å². The Morgan fingerprint density at radius 2 is 2.33 bits per heavy atom. The molecule has 0 aromatic rings. The number of hydrogen-bond acceptors (Lipinski definition) is 2. The highest BCUT2D eigenvalue weighted by Crippen LogP contribution is 2.20. The maximum atomic E-state index is 8.87. The molecule has 2 unspecified atom stereocenters. The maximum absolute atomic E-state index is 8.87. The topological polar surface area (TPSA) is 23.5 Å². The second-order valence-electron chi connectivity index (χ2n) is 3.00. The van der Waals surface area contributed by atoms with E-state index in [1.807, 2.05) is 0 Å². The van der Waals surface area contributed by atoms with Crippen LogP contribution in [0.4, 0.5) is 0 Å². The van der Waals surface area contributed by atoms with E-state index in [-0.39, 0.29) is 0 Å². The SMILES string of the molecule is CC1CCN(C)C1CO. The molecule has 2 atom stereocenters. The highest BCUT2D eigenvalue weighted by atomic mass is 16.3. The quantitative estimate of drug-likeness (QED) is 0.551. The van der Waals surface area contributed by atoms with E-state index in [0.29, 0.717) is 18.6 Å². The number of aliphatic hydroxyl groups is 1. The fourth-order valence-corrected chi connectivity index (χ4v) is 1.52. The molecule has 0 aromatic heterocycles. The molecule has 2 nitrogen and oxygen atoms in total. The second-order valence-corrected chi connectivity index (χ2v) is 3.00. The summed E-state index contributed by atoms with van der Waals surface area (Å²) in [5.74, 6) is 0.681. The highest BCUT2D eigenvalue weighted by Gasteiger charge is 2.26. The number of nitrogens with zero attached hydrogens (tertiary/aromatic N) is 1. The molecule has 0 amide bonds. The molecule has 1 aliphatic heterocycles. The largest absolute Gasteiger partial charge is 0.395 e. The molecule has 1 saturated heterocycles. The fourth-order valence-electron chi connectivity index (χ4n) is 1.52. The molecule has 1 rings (SSSR count). The van der Waals surface area contributed by atoms with Crippen molar-refractivity contribution in [2.75, 3.05) is 20.2 Å². The summed E-state index contributed by atoms with van der Waals surface area (Å²) in [4.78, 5) is 2.23. The second kappa shape index (κ2) is 2.67. The summed E-state index contributed by atoms with van der Waals surface area (Å²) in [6.07, 6.45) is 1.24. The average Bonchev–Trinajstić information content (AvgIpc) is 2.12. The summed E-state index contributed by atoms with van der Waals surface area (Å²) < 4.78 is 0. The molecule has 2 heteroatoms. The summed E-state index contributed by atoms with van der Waals surface area (Å²) in [6, 6.07) is 0.421. The van der Waals surface area contributed by atoms with Crippen molar-refractivity contribution < 1.29 is 5.11 Å². The van der Waals surface area contributed by atoms with E-state index in [2.05, 4.69) is 18.9 Å². The maximum Gasteiger partial charge on any atom is 0.0589 e. The third-order valence-electron chi connectivity index (χ3n) is 2.35. The lowest BCUT2D eigenvalue weighted by Crippen LogP contribution is -2.31. The van der Waals surface area contributed by atoms with Gasteiger partial charge in [0, 0.05) is 6.04 Å². The number of aliphatic hydroxyl groups excluding tert-OH is 1. The summed E-state index contributed by atoms with van der Waals surface area (Å²) >= 11 is 0. The van der Waals surface area contributed by atoms with Gasteiger partial charge in [-0.05, 0) is 25.9 Å². The minimum atomic E-state index is 0.317. The van der Waals surface area contributed by atoms with Crippen molar-refractivity contribution in [1.29, 1.82) is 0 Å². The molecule has 0 saturated carbocycles. The number of rotatable bonds is 1. The molecule has 0 radical (unpaired) electrons. The summed E-state index contributed by atoms with van der Waals surface area (Å²) in [5.41, 5.74) is 0. The molecule has 0 bridgehead atoms. The van der Waals surface area contributed by atoms with Crippen LogP contribution in [-0.4, -0.2) is 36.2 Å². The van der Waals surface area contributed by atoms with Crippen LogP contribution in [0.3, 0.4) is 0 Å². The van der Waals surface area contributed by atoms with Crippen molar-refractivity contribution in [2.45, 2.75) is 19.4 Å². The van der Waals surface area contributed by atoms with Crippen LogP contribution in [0.2, 0.25) is 0 Å². The molecule has 9 heavy (non-hydrogen) atoms. The Hall–Kier alpha value is -0.0800. The lowest BCUT2D eigenvalue weighted by Gasteiger charge is -2.19. The smallest absolute Gasteiger partial charge is 0.0589 e. The van der Waals surface area contributed by atoms with Crippen LogP contribution in [0.1, 0.15) is 13.3 Å². The van der Waals surface area contributed by atoms with E-state index in [1.165, 1.54) is 6.42 Å². The summed E-state index contributed by atoms with van der Waals surface area (Å²) in [6.45, 7) is 3.66. The first-order valence-electron chi connectivity index (χ1n) is 3.57. The predicted molar refractivity (Wildman–Crippen MR) is 37.3 cm³/mol. The van der Waals surface area contributed by atoms with Crippen molar-refractivity contribution in [3.63, 3.8) is 0 Å². The van der Waals surface area contributed by atoms with Gasteiger partial charge in [-0.15, -0.1) is 0 Å². The Morgan fingerprint density at radius 1 is 1.67 bits per heavy atom. The van der Waals surface area contributed by atoms with E-state index in [1.54, 1.807) is 0 Å². The first-order chi connectivity index (χ1) is 4.25. The predicted octanol–water partition coefficient (Wildman–Crippen LogP) is 0.319. The van der Waals surface area contributed by atoms with Crippen molar-refractivity contribution in [3.05, 3.63) is 0 Å². The third kappa shape index (κ3) is 1.25. The molecule has 0 aromatic carbocycles. The Kier molecular flexibility index (Phi) is 2.09.